The van der Waals surface area contributed by atoms with Crippen LogP contribution in [-0.2, 0) is 6.42 Å². The number of nitrogen functional groups attached to an aromatic ring is 1. The fourth-order valence-electron chi connectivity index (χ4n) is 1.23. The minimum absolute atomic E-state index is 0.868. The SMILES string of the molecule is CCc1nc(C)c[nH]1.Cc1ccccc1N. The van der Waals surface area contributed by atoms with E-state index in [2.05, 4.69) is 16.9 Å². The summed E-state index contributed by atoms with van der Waals surface area (Å²) in [4.78, 5) is 7.22. The number of aromatic amines is 1. The predicted octanol–water partition coefficient (Wildman–Crippen LogP) is 2.86. The van der Waals surface area contributed by atoms with E-state index < -0.39 is 0 Å². The fourth-order valence-corrected chi connectivity index (χ4v) is 1.23. The molecule has 0 unspecified atom stereocenters. The van der Waals surface area contributed by atoms with Crippen molar-refractivity contribution in [3.63, 3.8) is 0 Å². The van der Waals surface area contributed by atoms with Gasteiger partial charge in [-0.1, -0.05) is 25.1 Å². The van der Waals surface area contributed by atoms with Gasteiger partial charge in [-0.15, -0.1) is 0 Å². The van der Waals surface area contributed by atoms with Crippen molar-refractivity contribution in [3.05, 3.63) is 47.5 Å². The Balaban J connectivity index is 0.000000160. The molecular formula is C13H19N3. The van der Waals surface area contributed by atoms with Crippen LogP contribution in [-0.4, -0.2) is 9.97 Å². The van der Waals surface area contributed by atoms with Gasteiger partial charge in [0.25, 0.3) is 0 Å². The predicted molar refractivity (Wildman–Crippen MR) is 68.3 cm³/mol. The summed E-state index contributed by atoms with van der Waals surface area (Å²) in [6, 6.07) is 7.80. The molecular weight excluding hydrogens is 198 g/mol. The maximum Gasteiger partial charge on any atom is 0.106 e. The first-order valence-corrected chi connectivity index (χ1v) is 5.45. The third-order valence-electron chi connectivity index (χ3n) is 2.28. The van der Waals surface area contributed by atoms with E-state index >= 15 is 0 Å². The Morgan fingerprint density at radius 1 is 1.25 bits per heavy atom. The van der Waals surface area contributed by atoms with Crippen LogP contribution in [0.1, 0.15) is 24.0 Å². The average Bonchev–Trinajstić information content (AvgIpc) is 2.70. The van der Waals surface area contributed by atoms with Crippen LogP contribution in [0.5, 0.6) is 0 Å². The third-order valence-corrected chi connectivity index (χ3v) is 2.28. The van der Waals surface area contributed by atoms with Gasteiger partial charge in [-0.25, -0.2) is 4.98 Å². The summed E-state index contributed by atoms with van der Waals surface area (Å²) < 4.78 is 0. The quantitative estimate of drug-likeness (QED) is 0.722. The van der Waals surface area contributed by atoms with Crippen LogP contribution in [0.3, 0.4) is 0 Å². The maximum atomic E-state index is 5.52. The maximum absolute atomic E-state index is 5.52. The van der Waals surface area contributed by atoms with E-state index in [4.69, 9.17) is 5.73 Å². The number of hydrogen-bond donors (Lipinski definition) is 2. The number of nitrogens with two attached hydrogens (primary N) is 1. The van der Waals surface area contributed by atoms with Gasteiger partial charge in [0.1, 0.15) is 5.82 Å². The highest BCUT2D eigenvalue weighted by Crippen LogP contribution is 2.06. The number of nitrogens with zero attached hydrogens (tertiary/aromatic N) is 1. The van der Waals surface area contributed by atoms with Crippen molar-refractivity contribution in [2.24, 2.45) is 0 Å². The minimum Gasteiger partial charge on any atom is -0.399 e. The smallest absolute Gasteiger partial charge is 0.106 e. The summed E-state index contributed by atoms with van der Waals surface area (Å²) in [5.41, 5.74) is 8.60. The molecule has 2 rings (SSSR count). The Morgan fingerprint density at radius 3 is 2.25 bits per heavy atom. The second kappa shape index (κ2) is 5.95. The first kappa shape index (κ1) is 12.3. The zero-order valence-corrected chi connectivity index (χ0v) is 10.1. The lowest BCUT2D eigenvalue weighted by Gasteiger charge is -1.93. The molecule has 0 radical (unpaired) electrons. The number of para-hydroxylation sites is 1. The molecule has 3 N–H and O–H groups in total. The van der Waals surface area contributed by atoms with Gasteiger partial charge in [-0.05, 0) is 25.5 Å². The number of aromatic nitrogens is 2. The van der Waals surface area contributed by atoms with E-state index in [0.29, 0.717) is 0 Å². The van der Waals surface area contributed by atoms with E-state index in [1.54, 1.807) is 0 Å². The van der Waals surface area contributed by atoms with Gasteiger partial charge in [0, 0.05) is 18.3 Å². The third kappa shape index (κ3) is 3.77. The van der Waals surface area contributed by atoms with E-state index in [1.807, 2.05) is 44.3 Å². The zero-order chi connectivity index (χ0) is 12.0. The Morgan fingerprint density at radius 2 is 1.94 bits per heavy atom. The lowest BCUT2D eigenvalue weighted by Crippen LogP contribution is -1.85. The Hall–Kier alpha value is -1.77. The van der Waals surface area contributed by atoms with Crippen LogP contribution >= 0.6 is 0 Å². The first-order chi connectivity index (χ1) is 7.63. The highest BCUT2D eigenvalue weighted by Gasteiger charge is 1.89. The van der Waals surface area contributed by atoms with Crippen molar-refractivity contribution in [2.45, 2.75) is 27.2 Å². The molecule has 3 heteroatoms. The molecule has 0 aliphatic heterocycles. The van der Waals surface area contributed by atoms with Crippen LogP contribution < -0.4 is 5.73 Å². The summed E-state index contributed by atoms with van der Waals surface area (Å²) in [5.74, 6) is 1.07. The first-order valence-electron chi connectivity index (χ1n) is 5.45. The van der Waals surface area contributed by atoms with Crippen molar-refractivity contribution >= 4 is 5.69 Å². The van der Waals surface area contributed by atoms with Crippen LogP contribution in [0.15, 0.2) is 30.5 Å². The lowest BCUT2D eigenvalue weighted by atomic mass is 10.2. The van der Waals surface area contributed by atoms with Crippen molar-refractivity contribution in [3.8, 4) is 0 Å². The fraction of sp³-hybridized carbons (Fsp3) is 0.308. The molecule has 0 saturated heterocycles. The zero-order valence-electron chi connectivity index (χ0n) is 10.1. The van der Waals surface area contributed by atoms with Gasteiger partial charge in [0.15, 0.2) is 0 Å². The van der Waals surface area contributed by atoms with Gasteiger partial charge >= 0.3 is 0 Å². The van der Waals surface area contributed by atoms with Crippen molar-refractivity contribution in [1.29, 1.82) is 0 Å². The van der Waals surface area contributed by atoms with Gasteiger partial charge < -0.3 is 10.7 Å². The topological polar surface area (TPSA) is 54.7 Å². The molecule has 1 aromatic heterocycles. The molecule has 3 nitrogen and oxygen atoms in total. The molecule has 0 amide bonds. The normalized spacial score (nSPS) is 9.44. The number of nitrogens with one attached hydrogen (secondary N) is 1. The highest BCUT2D eigenvalue weighted by molar-refractivity contribution is 5.44. The minimum atomic E-state index is 0.868. The standard InChI is InChI=1S/C7H9N.C6H10N2/c1-6-4-2-3-5-7(6)8;1-3-6-7-4-5(2)8-6/h2-5H,8H2,1H3;4H,3H2,1-2H3,(H,7,8). The van der Waals surface area contributed by atoms with Crippen molar-refractivity contribution in [1.82, 2.24) is 9.97 Å². The van der Waals surface area contributed by atoms with E-state index in [-0.39, 0.29) is 0 Å². The molecule has 0 atom stereocenters. The number of anilines is 1. The number of hydrogen-bond acceptors (Lipinski definition) is 2. The van der Waals surface area contributed by atoms with Crippen LogP contribution in [0.25, 0.3) is 0 Å². The number of H-pyrrole nitrogens is 1. The molecule has 0 saturated carbocycles. The molecule has 1 heterocycles. The average molecular weight is 217 g/mol. The van der Waals surface area contributed by atoms with Crippen LogP contribution in [0, 0.1) is 13.8 Å². The molecule has 2 aromatic rings. The molecule has 0 spiro atoms. The molecule has 16 heavy (non-hydrogen) atoms. The molecule has 0 aliphatic carbocycles. The number of imidazole rings is 1. The summed E-state index contributed by atoms with van der Waals surface area (Å²) in [6.07, 6.45) is 2.91. The van der Waals surface area contributed by atoms with Crippen LogP contribution in [0.4, 0.5) is 5.69 Å². The van der Waals surface area contributed by atoms with Gasteiger partial charge in [-0.2, -0.15) is 0 Å². The monoisotopic (exact) mass is 217 g/mol. The Labute approximate surface area is 96.7 Å². The van der Waals surface area contributed by atoms with E-state index in [1.165, 1.54) is 0 Å². The lowest BCUT2D eigenvalue weighted by molar-refractivity contribution is 0.982. The van der Waals surface area contributed by atoms with E-state index in [9.17, 15) is 0 Å². The molecule has 0 fully saturated rings. The Kier molecular flexibility index (Phi) is 4.58. The van der Waals surface area contributed by atoms with Crippen LogP contribution in [0.2, 0.25) is 0 Å². The van der Waals surface area contributed by atoms with Gasteiger partial charge in [0.2, 0.25) is 0 Å². The number of rotatable bonds is 1. The largest absolute Gasteiger partial charge is 0.399 e. The number of aryl methyl sites for hydroxylation is 3. The van der Waals surface area contributed by atoms with Gasteiger partial charge in [-0.3, -0.25) is 0 Å². The highest BCUT2D eigenvalue weighted by atomic mass is 14.9. The molecule has 86 valence electrons. The summed E-state index contributed by atoms with van der Waals surface area (Å²) in [5, 5.41) is 0. The van der Waals surface area contributed by atoms with Crippen molar-refractivity contribution in [2.75, 3.05) is 5.73 Å². The molecule has 0 aliphatic rings. The van der Waals surface area contributed by atoms with Gasteiger partial charge in [0.05, 0.1) is 5.69 Å². The summed E-state index contributed by atoms with van der Waals surface area (Å²) in [6.45, 7) is 6.06. The second-order valence-corrected chi connectivity index (χ2v) is 3.70. The summed E-state index contributed by atoms with van der Waals surface area (Å²) >= 11 is 0. The Bertz CT molecular complexity index is 411. The molecule has 0 bridgehead atoms. The second-order valence-electron chi connectivity index (χ2n) is 3.70. The van der Waals surface area contributed by atoms with Crippen molar-refractivity contribution < 1.29 is 0 Å². The number of benzene rings is 1. The van der Waals surface area contributed by atoms with E-state index in [0.717, 1.165) is 29.2 Å². The summed E-state index contributed by atoms with van der Waals surface area (Å²) in [7, 11) is 0. The molecule has 1 aromatic carbocycles.